The second kappa shape index (κ2) is 15.4. The molecular weight excluding hydrogens is 588 g/mol. The molecule has 3 fully saturated rings. The Hall–Kier alpha value is -3.17. The van der Waals surface area contributed by atoms with Gasteiger partial charge in [-0.1, -0.05) is 49.9 Å². The van der Waals surface area contributed by atoms with Crippen molar-refractivity contribution in [2.45, 2.75) is 88.9 Å². The highest BCUT2D eigenvalue weighted by molar-refractivity contribution is 6.30. The maximum Gasteiger partial charge on any atom is 0.319 e. The van der Waals surface area contributed by atoms with Gasteiger partial charge >= 0.3 is 6.03 Å². The van der Waals surface area contributed by atoms with Crippen LogP contribution in [0.1, 0.15) is 74.2 Å². The van der Waals surface area contributed by atoms with Crippen molar-refractivity contribution in [1.82, 2.24) is 29.9 Å². The molecule has 2 unspecified atom stereocenters. The van der Waals surface area contributed by atoms with Crippen molar-refractivity contribution in [2.24, 2.45) is 5.92 Å². The number of nitrogens with one attached hydrogen (secondary N) is 1. The number of piperidine rings is 2. The number of pyridine rings is 1. The zero-order valence-electron chi connectivity index (χ0n) is 27.0. The summed E-state index contributed by atoms with van der Waals surface area (Å²) in [6.07, 6.45) is 11.9. The Kier molecular flexibility index (Phi) is 11.4. The van der Waals surface area contributed by atoms with E-state index in [1.54, 1.807) is 29.4 Å². The van der Waals surface area contributed by atoms with Crippen LogP contribution in [0.25, 0.3) is 0 Å². The number of hydrogen-bond acceptors (Lipinski definition) is 5. The van der Waals surface area contributed by atoms with Crippen LogP contribution in [-0.2, 0) is 11.2 Å². The topological polar surface area (TPSA) is 89.1 Å². The molecule has 10 heteroatoms. The molecule has 1 aliphatic carbocycles. The lowest BCUT2D eigenvalue weighted by molar-refractivity contribution is -0.136. The van der Waals surface area contributed by atoms with Crippen LogP contribution in [0.15, 0.2) is 48.8 Å². The largest absolute Gasteiger partial charge is 0.341 e. The first kappa shape index (κ1) is 33.2. The Bertz CT molecular complexity index is 1280. The number of nitrogens with zero attached hydrogens (tertiary/aromatic N) is 5. The molecule has 9 nitrogen and oxygen atoms in total. The average molecular weight is 637 g/mol. The van der Waals surface area contributed by atoms with Crippen molar-refractivity contribution in [1.29, 1.82) is 0 Å². The van der Waals surface area contributed by atoms with Gasteiger partial charge in [0.25, 0.3) is 5.91 Å². The summed E-state index contributed by atoms with van der Waals surface area (Å²) in [4.78, 5) is 52.4. The Balaban J connectivity index is 1.25. The molecule has 3 aliphatic rings. The first-order valence-electron chi connectivity index (χ1n) is 16.7. The highest BCUT2D eigenvalue weighted by atomic mass is 35.5. The number of likely N-dealkylation sites (tertiary alicyclic amines) is 2. The van der Waals surface area contributed by atoms with Crippen LogP contribution in [-0.4, -0.2) is 107 Å². The summed E-state index contributed by atoms with van der Waals surface area (Å²) < 4.78 is 0. The van der Waals surface area contributed by atoms with Crippen LogP contribution in [0.3, 0.4) is 0 Å². The Morgan fingerprint density at radius 1 is 0.911 bits per heavy atom. The summed E-state index contributed by atoms with van der Waals surface area (Å²) in [5, 5.41) is 4.38. The molecule has 1 aromatic carbocycles. The first-order chi connectivity index (χ1) is 21.7. The minimum Gasteiger partial charge on any atom is -0.341 e. The summed E-state index contributed by atoms with van der Waals surface area (Å²) >= 11 is 6.17. The summed E-state index contributed by atoms with van der Waals surface area (Å²) in [7, 11) is 3.68. The maximum absolute atomic E-state index is 14.2. The Labute approximate surface area is 273 Å². The molecule has 4 amide bonds. The number of rotatable bonds is 8. The summed E-state index contributed by atoms with van der Waals surface area (Å²) in [6.45, 7) is 4.74. The van der Waals surface area contributed by atoms with E-state index in [0.717, 1.165) is 37.7 Å². The minimum absolute atomic E-state index is 0.0246. The molecule has 0 spiro atoms. The lowest BCUT2D eigenvalue weighted by Gasteiger charge is -2.48. The van der Waals surface area contributed by atoms with Crippen LogP contribution in [0.2, 0.25) is 5.02 Å². The Morgan fingerprint density at radius 2 is 1.56 bits per heavy atom. The predicted octanol–water partition coefficient (Wildman–Crippen LogP) is 5.09. The molecule has 0 radical (unpaired) electrons. The summed E-state index contributed by atoms with van der Waals surface area (Å²) in [5.41, 5.74) is 1.71. The number of aromatic nitrogens is 1. The molecule has 2 aromatic rings. The smallest absolute Gasteiger partial charge is 0.319 e. The number of amides is 4. The van der Waals surface area contributed by atoms with Crippen molar-refractivity contribution in [3.8, 4) is 0 Å². The lowest BCUT2D eigenvalue weighted by Crippen LogP contribution is -2.60. The second-order valence-electron chi connectivity index (χ2n) is 13.3. The van der Waals surface area contributed by atoms with Gasteiger partial charge in [0, 0.05) is 81.4 Å². The number of hydrogen-bond donors (Lipinski definition) is 1. The molecule has 0 bridgehead atoms. The highest BCUT2D eigenvalue weighted by Crippen LogP contribution is 2.31. The average Bonchev–Trinajstić information content (AvgIpc) is 3.06. The molecule has 1 saturated carbocycles. The van der Waals surface area contributed by atoms with Gasteiger partial charge in [0.2, 0.25) is 5.91 Å². The van der Waals surface area contributed by atoms with Gasteiger partial charge in [-0.15, -0.1) is 0 Å². The van der Waals surface area contributed by atoms with Crippen LogP contribution >= 0.6 is 11.6 Å². The maximum atomic E-state index is 14.2. The number of carbonyl (C=O) groups is 3. The van der Waals surface area contributed by atoms with Crippen molar-refractivity contribution in [3.63, 3.8) is 0 Å². The second-order valence-corrected chi connectivity index (χ2v) is 13.8. The van der Waals surface area contributed by atoms with E-state index in [9.17, 15) is 14.4 Å². The molecule has 1 aromatic heterocycles. The highest BCUT2D eigenvalue weighted by Gasteiger charge is 2.40. The minimum atomic E-state index is -0.389. The third kappa shape index (κ3) is 8.36. The van der Waals surface area contributed by atoms with E-state index in [4.69, 9.17) is 11.6 Å². The van der Waals surface area contributed by atoms with Crippen LogP contribution in [0.4, 0.5) is 4.79 Å². The molecule has 1 N–H and O–H groups in total. The predicted molar refractivity (Wildman–Crippen MR) is 177 cm³/mol. The molecule has 45 heavy (non-hydrogen) atoms. The van der Waals surface area contributed by atoms with E-state index in [1.807, 2.05) is 48.2 Å². The zero-order chi connectivity index (χ0) is 31.9. The molecular formula is C35H49ClN6O3. The third-order valence-corrected chi connectivity index (χ3v) is 10.1. The van der Waals surface area contributed by atoms with Crippen LogP contribution in [0.5, 0.6) is 0 Å². The van der Waals surface area contributed by atoms with Crippen molar-refractivity contribution >= 4 is 29.4 Å². The number of benzene rings is 1. The van der Waals surface area contributed by atoms with Gasteiger partial charge in [0.1, 0.15) is 0 Å². The first-order valence-corrected chi connectivity index (χ1v) is 17.1. The van der Waals surface area contributed by atoms with Crippen molar-refractivity contribution < 1.29 is 14.4 Å². The van der Waals surface area contributed by atoms with Gasteiger partial charge in [0.15, 0.2) is 0 Å². The van der Waals surface area contributed by atoms with Gasteiger partial charge in [-0.3, -0.25) is 14.6 Å². The van der Waals surface area contributed by atoms with Gasteiger partial charge in [-0.2, -0.15) is 0 Å². The fraction of sp³-hybridized carbons (Fsp3) is 0.600. The van der Waals surface area contributed by atoms with E-state index < -0.39 is 0 Å². The van der Waals surface area contributed by atoms with E-state index in [1.165, 1.54) is 19.3 Å². The van der Waals surface area contributed by atoms with E-state index in [2.05, 4.69) is 22.1 Å². The van der Waals surface area contributed by atoms with E-state index in [0.29, 0.717) is 43.2 Å². The van der Waals surface area contributed by atoms with Crippen LogP contribution in [0, 0.1) is 5.92 Å². The normalized spacial score (nSPS) is 22.1. The number of halogens is 1. The monoisotopic (exact) mass is 636 g/mol. The molecule has 5 rings (SSSR count). The Morgan fingerprint density at radius 3 is 2.18 bits per heavy atom. The number of urea groups is 1. The fourth-order valence-corrected chi connectivity index (χ4v) is 7.54. The molecule has 3 heterocycles. The summed E-state index contributed by atoms with van der Waals surface area (Å²) in [6, 6.07) is 11.5. The quantitative estimate of drug-likeness (QED) is 0.436. The zero-order valence-corrected chi connectivity index (χ0v) is 27.8. The molecule has 2 saturated heterocycles. The van der Waals surface area contributed by atoms with E-state index >= 15 is 0 Å². The fourth-order valence-electron chi connectivity index (χ4n) is 7.41. The van der Waals surface area contributed by atoms with Crippen molar-refractivity contribution in [3.05, 3.63) is 64.9 Å². The molecule has 2 aliphatic heterocycles. The van der Waals surface area contributed by atoms with E-state index in [-0.39, 0.29) is 47.9 Å². The van der Waals surface area contributed by atoms with Crippen LogP contribution < -0.4 is 5.32 Å². The molecule has 244 valence electrons. The standard InChI is InChI=1S/C35H49ClN6O3/c1-25-24-41(22-17-32(25)42(35(45)39(2)3)30-7-5-4-6-8-30)34(44)31(23-26-9-11-28(36)12-10-26)38-29-15-20-40(21-16-29)33(43)27-13-18-37-19-14-27/h9-14,18-19,25,29-32,38H,4-8,15-17,20-24H2,1-3H3/t25?,31-,32?/m1/s1. The SMILES string of the molecule is CC1CN(C(=O)[C@@H](Cc2ccc(Cl)cc2)NC2CCN(C(=O)c3ccncc3)CC2)CCC1N(C(=O)N(C)C)C1CCCCC1. The van der Waals surface area contributed by atoms with Gasteiger partial charge in [-0.25, -0.2) is 4.79 Å². The number of carbonyl (C=O) groups excluding carboxylic acids is 3. The van der Waals surface area contributed by atoms with Crippen molar-refractivity contribution in [2.75, 3.05) is 40.3 Å². The van der Waals surface area contributed by atoms with Gasteiger partial charge in [0.05, 0.1) is 6.04 Å². The molecule has 3 atom stereocenters. The third-order valence-electron chi connectivity index (χ3n) is 9.90. The lowest BCUT2D eigenvalue weighted by atomic mass is 9.87. The summed E-state index contributed by atoms with van der Waals surface area (Å²) in [5.74, 6) is 0.303. The van der Waals surface area contributed by atoms with Gasteiger partial charge < -0.3 is 24.9 Å². The van der Waals surface area contributed by atoms with Gasteiger partial charge in [-0.05, 0) is 74.3 Å².